The average molecular weight is 293 g/mol. The van der Waals surface area contributed by atoms with Crippen LogP contribution in [-0.4, -0.2) is 24.9 Å². The van der Waals surface area contributed by atoms with Crippen molar-refractivity contribution in [2.75, 3.05) is 11.1 Å². The minimum atomic E-state index is 0.136. The fourth-order valence-corrected chi connectivity index (χ4v) is 1.98. The molecule has 7 nitrogen and oxygen atoms in total. The number of nitrogens with one attached hydrogen (secondary N) is 1. The number of aromatic nitrogens is 5. The summed E-state index contributed by atoms with van der Waals surface area (Å²) < 4.78 is 0. The van der Waals surface area contributed by atoms with Crippen molar-refractivity contribution in [1.29, 1.82) is 0 Å². The van der Waals surface area contributed by atoms with Gasteiger partial charge in [0.15, 0.2) is 5.82 Å². The first kappa shape index (κ1) is 13.9. The molecule has 0 aliphatic heterocycles. The van der Waals surface area contributed by atoms with Crippen molar-refractivity contribution in [3.8, 4) is 11.5 Å². The number of para-hydroxylation sites is 1. The van der Waals surface area contributed by atoms with Gasteiger partial charge in [0.05, 0.1) is 0 Å². The lowest BCUT2D eigenvalue weighted by Gasteiger charge is -2.09. The molecule has 0 atom stereocenters. The molecule has 2 aromatic heterocycles. The van der Waals surface area contributed by atoms with Crippen molar-refractivity contribution in [1.82, 2.24) is 24.9 Å². The molecule has 22 heavy (non-hydrogen) atoms. The van der Waals surface area contributed by atoms with Crippen LogP contribution >= 0.6 is 0 Å². The number of nitrogens with zero attached hydrogens (tertiary/aromatic N) is 5. The summed E-state index contributed by atoms with van der Waals surface area (Å²) in [5, 5.41) is 3.15. The summed E-state index contributed by atoms with van der Waals surface area (Å²) in [4.78, 5) is 21.0. The second kappa shape index (κ2) is 5.72. The molecule has 2 heterocycles. The summed E-state index contributed by atoms with van der Waals surface area (Å²) >= 11 is 0. The molecule has 3 aromatic rings. The second-order valence-electron chi connectivity index (χ2n) is 4.77. The lowest BCUT2D eigenvalue weighted by Crippen LogP contribution is -2.06. The van der Waals surface area contributed by atoms with Crippen LogP contribution in [0.25, 0.3) is 11.5 Å². The van der Waals surface area contributed by atoms with Crippen LogP contribution in [0.1, 0.15) is 11.4 Å². The molecule has 3 rings (SSSR count). The lowest BCUT2D eigenvalue weighted by molar-refractivity contribution is 1.01. The second-order valence-corrected chi connectivity index (χ2v) is 4.77. The summed E-state index contributed by atoms with van der Waals surface area (Å²) in [5.74, 6) is 1.57. The molecular weight excluding hydrogens is 278 g/mol. The Hall–Kier alpha value is -3.09. The molecule has 3 N–H and O–H groups in total. The number of nitrogens with two attached hydrogens (primary N) is 1. The highest BCUT2D eigenvalue weighted by molar-refractivity contribution is 5.60. The molecule has 0 unspecified atom stereocenters. The fraction of sp³-hybridized carbons (Fsp3) is 0.133. The highest BCUT2D eigenvalue weighted by Crippen LogP contribution is 2.20. The molecule has 110 valence electrons. The zero-order valence-electron chi connectivity index (χ0n) is 12.3. The van der Waals surface area contributed by atoms with E-state index in [0.717, 1.165) is 11.3 Å². The van der Waals surface area contributed by atoms with Gasteiger partial charge >= 0.3 is 0 Å². The van der Waals surface area contributed by atoms with Crippen LogP contribution in [0.2, 0.25) is 0 Å². The van der Waals surface area contributed by atoms with Crippen molar-refractivity contribution >= 4 is 17.6 Å². The van der Waals surface area contributed by atoms with Gasteiger partial charge in [-0.15, -0.1) is 0 Å². The highest BCUT2D eigenvalue weighted by atomic mass is 15.2. The molecule has 0 fully saturated rings. The van der Waals surface area contributed by atoms with Gasteiger partial charge in [0.2, 0.25) is 11.9 Å². The number of aryl methyl sites for hydroxylation is 2. The number of rotatable bonds is 3. The van der Waals surface area contributed by atoms with E-state index in [1.165, 1.54) is 0 Å². The van der Waals surface area contributed by atoms with E-state index in [2.05, 4.69) is 30.2 Å². The van der Waals surface area contributed by atoms with Crippen LogP contribution in [0, 0.1) is 13.8 Å². The van der Waals surface area contributed by atoms with E-state index in [1.807, 2.05) is 31.2 Å². The maximum Gasteiger partial charge on any atom is 0.232 e. The largest absolute Gasteiger partial charge is 0.368 e. The first-order valence-electron chi connectivity index (χ1n) is 6.76. The zero-order valence-corrected chi connectivity index (χ0v) is 12.3. The highest BCUT2D eigenvalue weighted by Gasteiger charge is 2.09. The third-order valence-electron chi connectivity index (χ3n) is 3.05. The molecule has 0 spiro atoms. The average Bonchev–Trinajstić information content (AvgIpc) is 2.49. The van der Waals surface area contributed by atoms with E-state index in [9.17, 15) is 0 Å². The predicted molar refractivity (Wildman–Crippen MR) is 84.5 cm³/mol. The summed E-state index contributed by atoms with van der Waals surface area (Å²) in [6.45, 7) is 3.81. The first-order chi connectivity index (χ1) is 10.6. The van der Waals surface area contributed by atoms with E-state index in [4.69, 9.17) is 5.73 Å². The van der Waals surface area contributed by atoms with Gasteiger partial charge in [-0.1, -0.05) is 18.2 Å². The Bertz CT molecular complexity index is 816. The number of nitrogen functional groups attached to an aromatic ring is 1. The molecule has 0 bridgehead atoms. The van der Waals surface area contributed by atoms with Crippen molar-refractivity contribution in [3.05, 3.63) is 47.9 Å². The maximum atomic E-state index is 5.78. The van der Waals surface area contributed by atoms with Crippen LogP contribution in [0.5, 0.6) is 0 Å². The Labute approximate surface area is 127 Å². The van der Waals surface area contributed by atoms with Gasteiger partial charge in [-0.2, -0.15) is 15.0 Å². The van der Waals surface area contributed by atoms with Crippen molar-refractivity contribution in [2.24, 2.45) is 0 Å². The number of hydrogen-bond donors (Lipinski definition) is 2. The predicted octanol–water partition coefficient (Wildman–Crippen LogP) is 2.27. The molecule has 0 aliphatic carbocycles. The summed E-state index contributed by atoms with van der Waals surface area (Å²) in [7, 11) is 0. The number of benzene rings is 1. The quantitative estimate of drug-likeness (QED) is 0.763. The molecule has 7 heteroatoms. The molecule has 1 aromatic carbocycles. The van der Waals surface area contributed by atoms with Gasteiger partial charge in [0, 0.05) is 11.9 Å². The summed E-state index contributed by atoms with van der Waals surface area (Å²) in [5.41, 5.74) is 8.39. The van der Waals surface area contributed by atoms with Crippen LogP contribution in [0.15, 0.2) is 36.5 Å². The van der Waals surface area contributed by atoms with Crippen LogP contribution in [-0.2, 0) is 0 Å². The third-order valence-corrected chi connectivity index (χ3v) is 3.05. The molecule has 0 radical (unpaired) electrons. The van der Waals surface area contributed by atoms with E-state index in [1.54, 1.807) is 19.2 Å². The van der Waals surface area contributed by atoms with Crippen LogP contribution in [0.4, 0.5) is 17.6 Å². The minimum absolute atomic E-state index is 0.136. The summed E-state index contributed by atoms with van der Waals surface area (Å²) in [6, 6.07) is 9.59. The molecular formula is C15H15N7. The van der Waals surface area contributed by atoms with E-state index >= 15 is 0 Å². The van der Waals surface area contributed by atoms with Gasteiger partial charge in [-0.3, -0.25) is 0 Å². The van der Waals surface area contributed by atoms with Crippen LogP contribution < -0.4 is 11.1 Å². The standard InChI is InChI=1S/C15H15N7/c1-9-5-3-4-6-11(9)19-15-21-13(20-14(16)22-15)12-7-8-17-10(2)18-12/h3-8H,1-2H3,(H3,16,19,20,21,22). The molecule has 0 saturated carbocycles. The van der Waals surface area contributed by atoms with E-state index in [0.29, 0.717) is 23.3 Å². The Morgan fingerprint density at radius 3 is 2.55 bits per heavy atom. The fourth-order valence-electron chi connectivity index (χ4n) is 1.98. The number of anilines is 3. The van der Waals surface area contributed by atoms with Crippen molar-refractivity contribution in [3.63, 3.8) is 0 Å². The lowest BCUT2D eigenvalue weighted by atomic mass is 10.2. The smallest absolute Gasteiger partial charge is 0.232 e. The van der Waals surface area contributed by atoms with Crippen LogP contribution in [0.3, 0.4) is 0 Å². The first-order valence-corrected chi connectivity index (χ1v) is 6.76. The van der Waals surface area contributed by atoms with Gasteiger partial charge in [0.1, 0.15) is 11.5 Å². The Morgan fingerprint density at radius 2 is 1.77 bits per heavy atom. The van der Waals surface area contributed by atoms with Crippen molar-refractivity contribution < 1.29 is 0 Å². The zero-order chi connectivity index (χ0) is 15.5. The maximum absolute atomic E-state index is 5.78. The normalized spacial score (nSPS) is 10.5. The Morgan fingerprint density at radius 1 is 0.955 bits per heavy atom. The Kier molecular flexibility index (Phi) is 3.61. The monoisotopic (exact) mass is 293 g/mol. The van der Waals surface area contributed by atoms with Crippen molar-refractivity contribution in [2.45, 2.75) is 13.8 Å². The van der Waals surface area contributed by atoms with Gasteiger partial charge in [0.25, 0.3) is 0 Å². The SMILES string of the molecule is Cc1nccc(-c2nc(N)nc(Nc3ccccc3C)n2)n1. The van der Waals surface area contributed by atoms with Gasteiger partial charge in [-0.25, -0.2) is 9.97 Å². The molecule has 0 amide bonds. The number of hydrogen-bond acceptors (Lipinski definition) is 7. The third kappa shape index (κ3) is 2.98. The molecule has 0 aliphatic rings. The van der Waals surface area contributed by atoms with Gasteiger partial charge < -0.3 is 11.1 Å². The van der Waals surface area contributed by atoms with Gasteiger partial charge in [-0.05, 0) is 31.5 Å². The molecule has 0 saturated heterocycles. The van der Waals surface area contributed by atoms with E-state index in [-0.39, 0.29) is 5.95 Å². The van der Waals surface area contributed by atoms with E-state index < -0.39 is 0 Å². The minimum Gasteiger partial charge on any atom is -0.368 e. The Balaban J connectivity index is 1.98. The summed E-state index contributed by atoms with van der Waals surface area (Å²) in [6.07, 6.45) is 1.66. The topological polar surface area (TPSA) is 102 Å².